The zero-order chi connectivity index (χ0) is 20.1. The summed E-state index contributed by atoms with van der Waals surface area (Å²) in [6.45, 7) is 5.01. The fourth-order valence-corrected chi connectivity index (χ4v) is 4.44. The minimum Gasteiger partial charge on any atom is -0.457 e. The summed E-state index contributed by atoms with van der Waals surface area (Å²) >= 11 is 6.75. The molecule has 1 aromatic heterocycles. The average molecular weight is 418 g/mol. The number of hydrogen-bond acceptors (Lipinski definition) is 4. The number of carbonyl (C=O) groups is 1. The second kappa shape index (κ2) is 9.52. The molecule has 2 aromatic rings. The smallest absolute Gasteiger partial charge is 0.266 e. The van der Waals surface area contributed by atoms with E-state index in [2.05, 4.69) is 13.8 Å². The fraction of sp³-hybridized carbons (Fsp3) is 0.364. The van der Waals surface area contributed by atoms with Gasteiger partial charge in [-0.25, -0.2) is 4.39 Å². The number of unbranched alkanes of at least 4 members (excludes halogenated alkanes) is 1. The molecule has 0 spiro atoms. The Kier molecular flexibility index (Phi) is 7.08. The van der Waals surface area contributed by atoms with Crippen LogP contribution in [0.3, 0.4) is 0 Å². The highest BCUT2D eigenvalue weighted by Crippen LogP contribution is 2.34. The van der Waals surface area contributed by atoms with Crippen molar-refractivity contribution in [1.82, 2.24) is 4.90 Å². The van der Waals surface area contributed by atoms with Crippen molar-refractivity contribution in [3.05, 3.63) is 52.9 Å². The van der Waals surface area contributed by atoms with E-state index in [4.69, 9.17) is 16.6 Å². The van der Waals surface area contributed by atoms with E-state index in [-0.39, 0.29) is 11.7 Å². The van der Waals surface area contributed by atoms with Crippen molar-refractivity contribution in [2.24, 2.45) is 5.92 Å². The summed E-state index contributed by atoms with van der Waals surface area (Å²) in [5.41, 5.74) is 0.661. The van der Waals surface area contributed by atoms with Gasteiger partial charge < -0.3 is 4.42 Å². The molecule has 2 heterocycles. The molecule has 0 bridgehead atoms. The van der Waals surface area contributed by atoms with Crippen LogP contribution in [0.5, 0.6) is 0 Å². The van der Waals surface area contributed by atoms with E-state index in [9.17, 15) is 9.18 Å². The van der Waals surface area contributed by atoms with Crippen LogP contribution < -0.4 is 0 Å². The molecule has 0 saturated carbocycles. The monoisotopic (exact) mass is 417 g/mol. The number of hydrogen-bond donors (Lipinski definition) is 0. The van der Waals surface area contributed by atoms with Gasteiger partial charge in [-0.3, -0.25) is 9.69 Å². The van der Waals surface area contributed by atoms with Gasteiger partial charge >= 0.3 is 0 Å². The summed E-state index contributed by atoms with van der Waals surface area (Å²) in [6.07, 6.45) is 6.18. The van der Waals surface area contributed by atoms with Crippen LogP contribution in [0.25, 0.3) is 17.4 Å². The number of furan rings is 1. The van der Waals surface area contributed by atoms with Crippen molar-refractivity contribution in [3.63, 3.8) is 0 Å². The van der Waals surface area contributed by atoms with E-state index < -0.39 is 0 Å². The van der Waals surface area contributed by atoms with Gasteiger partial charge in [0.05, 0.1) is 4.91 Å². The Balaban J connectivity index is 1.73. The van der Waals surface area contributed by atoms with Crippen molar-refractivity contribution in [1.29, 1.82) is 0 Å². The second-order valence-corrected chi connectivity index (χ2v) is 8.60. The number of rotatable bonds is 8. The van der Waals surface area contributed by atoms with Crippen LogP contribution in [-0.4, -0.2) is 21.7 Å². The Hall–Kier alpha value is -1.92. The predicted molar refractivity (Wildman–Crippen MR) is 117 cm³/mol. The Labute approximate surface area is 175 Å². The van der Waals surface area contributed by atoms with Gasteiger partial charge in [0.1, 0.15) is 21.7 Å². The maximum absolute atomic E-state index is 13.4. The summed E-state index contributed by atoms with van der Waals surface area (Å²) < 4.78 is 19.8. The molecular weight excluding hydrogens is 393 g/mol. The highest BCUT2D eigenvalue weighted by atomic mass is 32.2. The summed E-state index contributed by atoms with van der Waals surface area (Å²) in [7, 11) is 0. The predicted octanol–water partition coefficient (Wildman–Crippen LogP) is 6.50. The van der Waals surface area contributed by atoms with Crippen LogP contribution >= 0.6 is 24.0 Å². The van der Waals surface area contributed by atoms with Gasteiger partial charge in [-0.1, -0.05) is 69.2 Å². The van der Waals surface area contributed by atoms with Crippen LogP contribution in [0, 0.1) is 11.7 Å². The highest BCUT2D eigenvalue weighted by molar-refractivity contribution is 8.26. The van der Waals surface area contributed by atoms with Crippen molar-refractivity contribution in [2.75, 3.05) is 6.54 Å². The van der Waals surface area contributed by atoms with Gasteiger partial charge in [-0.05, 0) is 36.6 Å². The summed E-state index contributed by atoms with van der Waals surface area (Å²) in [5.74, 6) is 1.20. The summed E-state index contributed by atoms with van der Waals surface area (Å²) in [5, 5.41) is 0. The lowest BCUT2D eigenvalue weighted by Crippen LogP contribution is -2.33. The molecule has 1 aliphatic rings. The molecule has 0 N–H and O–H groups in total. The van der Waals surface area contributed by atoms with Gasteiger partial charge in [0.2, 0.25) is 0 Å². The first-order valence-electron chi connectivity index (χ1n) is 9.63. The Morgan fingerprint density at radius 2 is 2.11 bits per heavy atom. The molecule has 1 amide bonds. The van der Waals surface area contributed by atoms with E-state index in [0.29, 0.717) is 38.8 Å². The summed E-state index contributed by atoms with van der Waals surface area (Å²) in [4.78, 5) is 15.1. The number of benzene rings is 1. The number of carbonyl (C=O) groups excluding carboxylic acids is 1. The second-order valence-electron chi connectivity index (χ2n) is 6.92. The number of halogens is 1. The fourth-order valence-electron chi connectivity index (χ4n) is 3.19. The molecule has 0 aliphatic carbocycles. The first-order chi connectivity index (χ1) is 13.5. The minimum atomic E-state index is -0.315. The zero-order valence-electron chi connectivity index (χ0n) is 16.1. The van der Waals surface area contributed by atoms with Crippen LogP contribution in [0.15, 0.2) is 45.7 Å². The van der Waals surface area contributed by atoms with Gasteiger partial charge in [-0.2, -0.15) is 0 Å². The van der Waals surface area contributed by atoms with E-state index in [1.54, 1.807) is 35.2 Å². The van der Waals surface area contributed by atoms with Crippen LogP contribution in [-0.2, 0) is 4.79 Å². The quantitative estimate of drug-likeness (QED) is 0.362. The molecule has 28 heavy (non-hydrogen) atoms. The van der Waals surface area contributed by atoms with Crippen molar-refractivity contribution >= 4 is 40.3 Å². The molecule has 6 heteroatoms. The maximum Gasteiger partial charge on any atom is 0.266 e. The number of nitrogens with zero attached hydrogens (tertiary/aromatic N) is 1. The normalized spacial score (nSPS) is 17.0. The van der Waals surface area contributed by atoms with Crippen molar-refractivity contribution in [2.45, 2.75) is 39.5 Å². The lowest BCUT2D eigenvalue weighted by atomic mass is 9.99. The van der Waals surface area contributed by atoms with E-state index in [1.165, 1.54) is 30.3 Å². The molecule has 1 aromatic carbocycles. The minimum absolute atomic E-state index is 0.0614. The van der Waals surface area contributed by atoms with E-state index in [0.717, 1.165) is 19.3 Å². The maximum atomic E-state index is 13.4. The van der Waals surface area contributed by atoms with Gasteiger partial charge in [0.25, 0.3) is 5.91 Å². The van der Waals surface area contributed by atoms with Crippen LogP contribution in [0.1, 0.15) is 45.3 Å². The Morgan fingerprint density at radius 1 is 1.29 bits per heavy atom. The molecule has 1 saturated heterocycles. The number of amides is 1. The molecule has 1 aliphatic heterocycles. The van der Waals surface area contributed by atoms with E-state index in [1.807, 2.05) is 0 Å². The Bertz CT molecular complexity index is 890. The van der Waals surface area contributed by atoms with Gasteiger partial charge in [-0.15, -0.1) is 0 Å². The zero-order valence-corrected chi connectivity index (χ0v) is 17.7. The molecule has 0 unspecified atom stereocenters. The summed E-state index contributed by atoms with van der Waals surface area (Å²) in [6, 6.07) is 9.79. The third kappa shape index (κ3) is 4.92. The number of thiocarbonyl (C=S) groups is 1. The molecular formula is C22H24FNO2S2. The highest BCUT2D eigenvalue weighted by Gasteiger charge is 2.33. The molecule has 3 rings (SSSR count). The lowest BCUT2D eigenvalue weighted by molar-refractivity contribution is -0.122. The third-order valence-electron chi connectivity index (χ3n) is 4.87. The Morgan fingerprint density at radius 3 is 2.82 bits per heavy atom. The first kappa shape index (κ1) is 20.8. The molecule has 148 valence electrons. The third-order valence-corrected chi connectivity index (χ3v) is 6.24. The SMILES string of the molecule is CCCC[C@H](CC)CN1C(=O)/C(=C\c2ccc(-c3cccc(F)c3)o2)SC1=S. The van der Waals surface area contributed by atoms with Crippen LogP contribution in [0.4, 0.5) is 4.39 Å². The van der Waals surface area contributed by atoms with E-state index >= 15 is 0 Å². The lowest BCUT2D eigenvalue weighted by Gasteiger charge is -2.21. The van der Waals surface area contributed by atoms with Crippen molar-refractivity contribution in [3.8, 4) is 11.3 Å². The molecule has 1 atom stereocenters. The molecule has 0 radical (unpaired) electrons. The number of thioether (sulfide) groups is 1. The first-order valence-corrected chi connectivity index (χ1v) is 10.9. The molecule has 1 fully saturated rings. The molecule has 3 nitrogen and oxygen atoms in total. The topological polar surface area (TPSA) is 33.5 Å². The largest absolute Gasteiger partial charge is 0.457 e. The van der Waals surface area contributed by atoms with Crippen molar-refractivity contribution < 1.29 is 13.6 Å². The van der Waals surface area contributed by atoms with Gasteiger partial charge in [0, 0.05) is 18.2 Å². The standard InChI is InChI=1S/C22H24FNO2S2/c1-3-5-7-15(4-2)14-24-21(25)20(28-22(24)27)13-18-10-11-19(26-18)16-8-6-9-17(23)12-16/h6,8-13,15H,3-5,7,14H2,1-2H3/b20-13+/t15-/m0/s1. The van der Waals surface area contributed by atoms with Crippen LogP contribution in [0.2, 0.25) is 0 Å². The average Bonchev–Trinajstić information content (AvgIpc) is 3.25. The van der Waals surface area contributed by atoms with Gasteiger partial charge in [0.15, 0.2) is 0 Å².